The summed E-state index contributed by atoms with van der Waals surface area (Å²) >= 11 is 8.07. The molecule has 0 N–H and O–H groups in total. The van der Waals surface area contributed by atoms with Crippen LogP contribution >= 0.6 is 43.2 Å². The summed E-state index contributed by atoms with van der Waals surface area (Å²) < 4.78 is 15.6. The minimum Gasteiger partial charge on any atom is -0.205 e. The van der Waals surface area contributed by atoms with Gasteiger partial charge in [-0.3, -0.25) is 0 Å². The van der Waals surface area contributed by atoms with E-state index in [1.165, 1.54) is 17.4 Å². The highest BCUT2D eigenvalue weighted by Crippen LogP contribution is 2.35. The zero-order chi connectivity index (χ0) is 8.72. The number of rotatable bonds is 0. The Kier molecular flexibility index (Phi) is 2.23. The van der Waals surface area contributed by atoms with Crippen LogP contribution in [0.4, 0.5) is 4.39 Å². The van der Waals surface area contributed by atoms with Gasteiger partial charge >= 0.3 is 0 Å². The molecule has 2 rings (SSSR count). The fraction of sp³-hybridized carbons (Fsp3) is 0. The van der Waals surface area contributed by atoms with Crippen LogP contribution in [0.5, 0.6) is 0 Å². The minimum absolute atomic E-state index is 0.171. The molecule has 0 bridgehead atoms. The van der Waals surface area contributed by atoms with Gasteiger partial charge in [0, 0.05) is 14.3 Å². The van der Waals surface area contributed by atoms with Crippen molar-refractivity contribution in [1.29, 1.82) is 0 Å². The predicted octanol–water partition coefficient (Wildman–Crippen LogP) is 4.57. The van der Waals surface area contributed by atoms with Gasteiger partial charge in [0.15, 0.2) is 0 Å². The summed E-state index contributed by atoms with van der Waals surface area (Å²) in [6.45, 7) is 0. The molecule has 0 aliphatic rings. The third-order valence-electron chi connectivity index (χ3n) is 1.58. The maximum absolute atomic E-state index is 13.2. The Morgan fingerprint density at radius 1 is 1.33 bits per heavy atom. The number of hydrogen-bond acceptors (Lipinski definition) is 1. The third-order valence-corrected chi connectivity index (χ3v) is 4.52. The molecule has 0 spiro atoms. The molecule has 0 unspecified atom stereocenters. The number of fused-ring (bicyclic) bond motifs is 1. The van der Waals surface area contributed by atoms with E-state index in [1.807, 2.05) is 11.4 Å². The van der Waals surface area contributed by atoms with Crippen LogP contribution in [-0.4, -0.2) is 0 Å². The first-order valence-electron chi connectivity index (χ1n) is 3.21. The second-order valence-corrected chi connectivity index (χ2v) is 4.88. The Balaban J connectivity index is 2.97. The van der Waals surface area contributed by atoms with Crippen molar-refractivity contribution in [3.8, 4) is 0 Å². The first-order valence-corrected chi connectivity index (χ1v) is 5.67. The Hall–Kier alpha value is 0.0700. The molecule has 12 heavy (non-hydrogen) atoms. The van der Waals surface area contributed by atoms with Gasteiger partial charge in [0.1, 0.15) is 5.82 Å². The topological polar surface area (TPSA) is 0 Å². The molecule has 0 atom stereocenters. The molecule has 4 heteroatoms. The van der Waals surface area contributed by atoms with E-state index >= 15 is 0 Å². The van der Waals surface area contributed by atoms with Gasteiger partial charge in [0.05, 0.1) is 4.70 Å². The van der Waals surface area contributed by atoms with E-state index in [2.05, 4.69) is 31.9 Å². The summed E-state index contributed by atoms with van der Waals surface area (Å²) in [4.78, 5) is 0. The molecule has 1 heterocycles. The Morgan fingerprint density at radius 3 is 2.83 bits per heavy atom. The molecule has 0 saturated carbocycles. The summed E-state index contributed by atoms with van der Waals surface area (Å²) in [7, 11) is 0. The highest BCUT2D eigenvalue weighted by atomic mass is 79.9. The maximum atomic E-state index is 13.2. The van der Waals surface area contributed by atoms with Gasteiger partial charge in [-0.25, -0.2) is 4.39 Å². The van der Waals surface area contributed by atoms with E-state index in [4.69, 9.17) is 0 Å². The zero-order valence-electron chi connectivity index (χ0n) is 5.77. The molecule has 0 saturated heterocycles. The summed E-state index contributed by atoms with van der Waals surface area (Å²) in [5.74, 6) is -0.171. The Morgan fingerprint density at radius 2 is 2.08 bits per heavy atom. The van der Waals surface area contributed by atoms with Gasteiger partial charge in [-0.15, -0.1) is 11.3 Å². The van der Waals surface area contributed by atoms with Crippen molar-refractivity contribution in [2.45, 2.75) is 0 Å². The van der Waals surface area contributed by atoms with Crippen molar-refractivity contribution in [2.75, 3.05) is 0 Å². The van der Waals surface area contributed by atoms with Crippen LogP contribution < -0.4 is 0 Å². The Bertz CT molecular complexity index is 436. The lowest BCUT2D eigenvalue weighted by Crippen LogP contribution is -1.76. The average Bonchev–Trinajstić information content (AvgIpc) is 2.48. The van der Waals surface area contributed by atoms with Crippen molar-refractivity contribution in [3.63, 3.8) is 0 Å². The number of thiophene rings is 1. The summed E-state index contributed by atoms with van der Waals surface area (Å²) in [6, 6.07) is 3.38. The highest BCUT2D eigenvalue weighted by Gasteiger charge is 2.08. The van der Waals surface area contributed by atoms with E-state index in [-0.39, 0.29) is 5.82 Å². The minimum atomic E-state index is -0.171. The molecule has 0 fully saturated rings. The SMILES string of the molecule is Fc1cc(Br)c(Br)c2ccsc12. The van der Waals surface area contributed by atoms with E-state index in [0.29, 0.717) is 4.70 Å². The van der Waals surface area contributed by atoms with E-state index in [9.17, 15) is 4.39 Å². The van der Waals surface area contributed by atoms with Crippen LogP contribution in [0.2, 0.25) is 0 Å². The second-order valence-electron chi connectivity index (χ2n) is 2.32. The largest absolute Gasteiger partial charge is 0.205 e. The lowest BCUT2D eigenvalue weighted by Gasteiger charge is -1.98. The molecule has 0 aliphatic heterocycles. The van der Waals surface area contributed by atoms with Crippen molar-refractivity contribution in [2.24, 2.45) is 0 Å². The van der Waals surface area contributed by atoms with Crippen LogP contribution in [0.15, 0.2) is 26.5 Å². The average molecular weight is 310 g/mol. The van der Waals surface area contributed by atoms with Crippen LogP contribution in [0.25, 0.3) is 10.1 Å². The molecule has 0 amide bonds. The smallest absolute Gasteiger partial charge is 0.142 e. The monoisotopic (exact) mass is 308 g/mol. The number of hydrogen-bond donors (Lipinski definition) is 0. The molecule has 1 aromatic carbocycles. The van der Waals surface area contributed by atoms with E-state index < -0.39 is 0 Å². The normalized spacial score (nSPS) is 10.9. The molecule has 1 aromatic heterocycles. The van der Waals surface area contributed by atoms with Gasteiger partial charge in [0.25, 0.3) is 0 Å². The summed E-state index contributed by atoms with van der Waals surface area (Å²) in [5, 5.41) is 2.80. The number of halogens is 3. The van der Waals surface area contributed by atoms with Gasteiger partial charge in [-0.05, 0) is 49.4 Å². The molecule has 0 nitrogen and oxygen atoms in total. The van der Waals surface area contributed by atoms with Crippen LogP contribution in [-0.2, 0) is 0 Å². The van der Waals surface area contributed by atoms with Gasteiger partial charge < -0.3 is 0 Å². The quantitative estimate of drug-likeness (QED) is 0.626. The molecular weight excluding hydrogens is 307 g/mol. The molecule has 62 valence electrons. The molecule has 0 aliphatic carbocycles. The standard InChI is InChI=1S/C8H3Br2FS/c9-5-3-6(11)8-4(7(5)10)1-2-12-8/h1-3H. The van der Waals surface area contributed by atoms with Crippen molar-refractivity contribution in [3.05, 3.63) is 32.3 Å². The summed E-state index contributed by atoms with van der Waals surface area (Å²) in [5.41, 5.74) is 0. The lowest BCUT2D eigenvalue weighted by atomic mass is 10.2. The second kappa shape index (κ2) is 3.09. The predicted molar refractivity (Wildman–Crippen MR) is 57.2 cm³/mol. The van der Waals surface area contributed by atoms with Crippen LogP contribution in [0.3, 0.4) is 0 Å². The maximum Gasteiger partial charge on any atom is 0.142 e. The Labute approximate surface area is 89.7 Å². The van der Waals surface area contributed by atoms with Crippen molar-refractivity contribution < 1.29 is 4.39 Å². The van der Waals surface area contributed by atoms with Gasteiger partial charge in [-0.2, -0.15) is 0 Å². The van der Waals surface area contributed by atoms with Crippen molar-refractivity contribution in [1.82, 2.24) is 0 Å². The number of benzene rings is 1. The zero-order valence-corrected chi connectivity index (χ0v) is 9.76. The molecular formula is C8H3Br2FS. The first kappa shape index (κ1) is 8.66. The summed E-state index contributed by atoms with van der Waals surface area (Å²) in [6.07, 6.45) is 0. The van der Waals surface area contributed by atoms with Crippen LogP contribution in [0.1, 0.15) is 0 Å². The van der Waals surface area contributed by atoms with Crippen LogP contribution in [0, 0.1) is 5.82 Å². The third kappa shape index (κ3) is 1.22. The fourth-order valence-corrected chi connectivity index (χ4v) is 2.84. The fourth-order valence-electron chi connectivity index (χ4n) is 1.04. The van der Waals surface area contributed by atoms with Gasteiger partial charge in [-0.1, -0.05) is 0 Å². The lowest BCUT2D eigenvalue weighted by molar-refractivity contribution is 0.640. The van der Waals surface area contributed by atoms with E-state index in [1.54, 1.807) is 0 Å². The van der Waals surface area contributed by atoms with E-state index in [0.717, 1.165) is 14.3 Å². The molecule has 2 aromatic rings. The molecule has 0 radical (unpaired) electrons. The highest BCUT2D eigenvalue weighted by molar-refractivity contribution is 9.13. The first-order chi connectivity index (χ1) is 5.70. The van der Waals surface area contributed by atoms with Gasteiger partial charge in [0.2, 0.25) is 0 Å². The van der Waals surface area contributed by atoms with Crippen molar-refractivity contribution >= 4 is 53.3 Å².